The first-order valence-corrected chi connectivity index (χ1v) is 14.0. The van der Waals surface area contributed by atoms with E-state index in [0.717, 1.165) is 0 Å². The monoisotopic (exact) mass is 668 g/mol. The Morgan fingerprint density at radius 2 is 1.09 bits per heavy atom. The van der Waals surface area contributed by atoms with E-state index < -0.39 is 82.9 Å². The maximum absolute atomic E-state index is 14.9. The molecular formula is C29H28F12O4. The van der Waals surface area contributed by atoms with Gasteiger partial charge in [0.2, 0.25) is 5.75 Å². The highest BCUT2D eigenvalue weighted by molar-refractivity contribution is 5.36. The average molecular weight is 669 g/mol. The molecule has 2 fully saturated rings. The molecule has 252 valence electrons. The summed E-state index contributed by atoms with van der Waals surface area (Å²) in [4.78, 5) is 0. The van der Waals surface area contributed by atoms with E-state index in [9.17, 15) is 52.7 Å². The summed E-state index contributed by atoms with van der Waals surface area (Å²) in [5.41, 5.74) is -1.58. The van der Waals surface area contributed by atoms with Gasteiger partial charge in [0.25, 0.3) is 0 Å². The zero-order chi connectivity index (χ0) is 33.4. The minimum Gasteiger partial charge on any atom is -0.432 e. The van der Waals surface area contributed by atoms with Crippen LogP contribution in [0.15, 0.2) is 30.3 Å². The van der Waals surface area contributed by atoms with Crippen LogP contribution in [0.25, 0.3) is 0 Å². The van der Waals surface area contributed by atoms with Gasteiger partial charge in [-0.2, -0.15) is 26.3 Å². The third-order valence-corrected chi connectivity index (χ3v) is 7.91. The van der Waals surface area contributed by atoms with Crippen LogP contribution in [0, 0.1) is 35.2 Å². The van der Waals surface area contributed by atoms with E-state index in [2.05, 4.69) is 14.2 Å². The minimum atomic E-state index is -5.50. The lowest BCUT2D eigenvalue weighted by Crippen LogP contribution is -2.42. The largest absolute Gasteiger partial charge is 0.573 e. The van der Waals surface area contributed by atoms with Crippen molar-refractivity contribution >= 4 is 0 Å². The fourth-order valence-electron chi connectivity index (χ4n) is 5.48. The van der Waals surface area contributed by atoms with Gasteiger partial charge in [-0.15, -0.1) is 13.2 Å². The zero-order valence-corrected chi connectivity index (χ0v) is 23.5. The van der Waals surface area contributed by atoms with Gasteiger partial charge in [0.1, 0.15) is 22.9 Å². The predicted octanol–water partition coefficient (Wildman–Crippen LogP) is 10.1. The van der Waals surface area contributed by atoms with Crippen LogP contribution in [0.2, 0.25) is 0 Å². The molecule has 2 aromatic carbocycles. The molecule has 16 heteroatoms. The molecule has 0 radical (unpaired) electrons. The van der Waals surface area contributed by atoms with E-state index in [1.54, 1.807) is 0 Å². The van der Waals surface area contributed by atoms with E-state index in [1.807, 2.05) is 6.92 Å². The lowest BCUT2D eigenvalue weighted by Gasteiger charge is -2.37. The highest BCUT2D eigenvalue weighted by Crippen LogP contribution is 2.45. The van der Waals surface area contributed by atoms with Gasteiger partial charge < -0.3 is 18.9 Å². The van der Waals surface area contributed by atoms with Crippen LogP contribution in [-0.4, -0.2) is 24.7 Å². The van der Waals surface area contributed by atoms with Crippen molar-refractivity contribution in [1.82, 2.24) is 0 Å². The van der Waals surface area contributed by atoms with Gasteiger partial charge in [-0.1, -0.05) is 19.8 Å². The van der Waals surface area contributed by atoms with Crippen LogP contribution < -0.4 is 14.2 Å². The summed E-state index contributed by atoms with van der Waals surface area (Å²) >= 11 is 0. The van der Waals surface area contributed by atoms with Crippen molar-refractivity contribution in [3.05, 3.63) is 53.3 Å². The topological polar surface area (TPSA) is 36.9 Å². The van der Waals surface area contributed by atoms with E-state index in [0.29, 0.717) is 43.7 Å². The zero-order valence-electron chi connectivity index (χ0n) is 23.5. The highest BCUT2D eigenvalue weighted by Gasteiger charge is 2.48. The summed E-state index contributed by atoms with van der Waals surface area (Å²) in [6.07, 6.45) is -17.4. The van der Waals surface area contributed by atoms with Crippen molar-refractivity contribution in [2.75, 3.05) is 0 Å². The van der Waals surface area contributed by atoms with Crippen LogP contribution in [0.3, 0.4) is 0 Å². The Labute approximate surface area is 249 Å². The number of halogens is 12. The molecule has 45 heavy (non-hydrogen) atoms. The predicted molar refractivity (Wildman–Crippen MR) is 132 cm³/mol. The van der Waals surface area contributed by atoms with Gasteiger partial charge in [0, 0.05) is 18.2 Å². The normalized spacial score (nSPS) is 23.5. The Hall–Kier alpha value is -3.04. The second-order valence-electron chi connectivity index (χ2n) is 11.3. The Kier molecular flexibility index (Phi) is 10.1. The molecule has 2 aliphatic carbocycles. The average Bonchev–Trinajstić information content (AvgIpc) is 2.90. The van der Waals surface area contributed by atoms with Crippen LogP contribution in [-0.2, 0) is 10.8 Å². The molecule has 4 nitrogen and oxygen atoms in total. The third-order valence-electron chi connectivity index (χ3n) is 7.91. The van der Waals surface area contributed by atoms with Crippen molar-refractivity contribution in [2.45, 2.75) is 89.1 Å². The Morgan fingerprint density at radius 1 is 0.578 bits per heavy atom. The van der Waals surface area contributed by atoms with Crippen molar-refractivity contribution < 1.29 is 71.6 Å². The fourth-order valence-corrected chi connectivity index (χ4v) is 5.48. The van der Waals surface area contributed by atoms with Crippen molar-refractivity contribution in [3.63, 3.8) is 0 Å². The first kappa shape index (κ1) is 34.8. The maximum Gasteiger partial charge on any atom is 0.573 e. The first-order chi connectivity index (χ1) is 20.8. The number of rotatable bonds is 10. The molecule has 0 amide bonds. The minimum absolute atomic E-state index is 0.0642. The molecular weight excluding hydrogens is 640 g/mol. The first-order valence-electron chi connectivity index (χ1n) is 14.0. The number of hydrogen-bond acceptors (Lipinski definition) is 4. The fraction of sp³-hybridized carbons (Fsp3) is 0.586. The van der Waals surface area contributed by atoms with E-state index in [-0.39, 0.29) is 43.9 Å². The van der Waals surface area contributed by atoms with Gasteiger partial charge in [-0.05, 0) is 56.6 Å². The summed E-state index contributed by atoms with van der Waals surface area (Å²) in [5.74, 6) is -12.2. The second-order valence-corrected chi connectivity index (χ2v) is 11.3. The van der Waals surface area contributed by atoms with Gasteiger partial charge in [0.05, 0.1) is 17.9 Å². The van der Waals surface area contributed by atoms with E-state index in [1.165, 1.54) is 0 Å². The number of ether oxygens (including phenoxy) is 4. The Balaban J connectivity index is 1.36. The van der Waals surface area contributed by atoms with Crippen LogP contribution in [0.4, 0.5) is 52.7 Å². The van der Waals surface area contributed by atoms with Crippen molar-refractivity contribution in [3.8, 4) is 17.2 Å². The summed E-state index contributed by atoms with van der Waals surface area (Å²) in [6, 6.07) is 0.900. The number of hydrogen-bond donors (Lipinski definition) is 0. The van der Waals surface area contributed by atoms with Gasteiger partial charge in [-0.25, -0.2) is 13.2 Å². The van der Waals surface area contributed by atoms with Gasteiger partial charge in [0.15, 0.2) is 11.6 Å². The molecule has 0 spiro atoms. The molecule has 4 rings (SSSR count). The summed E-state index contributed by atoms with van der Waals surface area (Å²) in [7, 11) is 0. The number of alkyl halides is 9. The molecule has 0 bridgehead atoms. The molecule has 0 aromatic heterocycles. The molecule has 0 aliphatic heterocycles. The molecule has 0 heterocycles. The molecule has 0 unspecified atom stereocenters. The summed E-state index contributed by atoms with van der Waals surface area (Å²) in [6.45, 7) is 1.98. The highest BCUT2D eigenvalue weighted by atomic mass is 19.4. The smallest absolute Gasteiger partial charge is 0.432 e. The summed E-state index contributed by atoms with van der Waals surface area (Å²) < 4.78 is 184. The van der Waals surface area contributed by atoms with Crippen LogP contribution >= 0.6 is 0 Å². The second kappa shape index (κ2) is 13.0. The Morgan fingerprint density at radius 3 is 1.62 bits per heavy atom. The van der Waals surface area contributed by atoms with E-state index in [4.69, 9.17) is 4.74 Å². The molecule has 0 saturated heterocycles. The van der Waals surface area contributed by atoms with Crippen LogP contribution in [0.5, 0.6) is 17.2 Å². The van der Waals surface area contributed by atoms with Gasteiger partial charge >= 0.3 is 24.7 Å². The quantitative estimate of drug-likeness (QED) is 0.236. The number of benzene rings is 2. The molecule has 2 saturated carbocycles. The lowest BCUT2D eigenvalue weighted by atomic mass is 9.82. The SMILES string of the molecule is CC1CCC(C(F)(F)OC2CCC(C(F)(F)Oc3ccc(C(F)(F)Oc4cc(F)c(OC(F)(F)F)c(F)c4)c(F)c3)CC2)CC1. The lowest BCUT2D eigenvalue weighted by molar-refractivity contribution is -0.305. The van der Waals surface area contributed by atoms with Crippen LogP contribution in [0.1, 0.15) is 63.9 Å². The van der Waals surface area contributed by atoms with Crippen molar-refractivity contribution in [1.29, 1.82) is 0 Å². The standard InChI is InChI=1S/C29H28F12O4/c1-15-2-4-16(5-3-15)26(33,34)42-18-8-6-17(7-9-18)27(35,36)43-19-10-11-21(22(30)12-19)28(37,38)44-20-13-23(31)25(24(32)14-20)45-29(39,40)41/h10-18H,2-9H2,1H3. The molecule has 0 N–H and O–H groups in total. The third kappa shape index (κ3) is 8.82. The molecule has 0 atom stereocenters. The summed E-state index contributed by atoms with van der Waals surface area (Å²) in [5, 5.41) is 0. The van der Waals surface area contributed by atoms with Gasteiger partial charge in [-0.3, -0.25) is 0 Å². The Bertz CT molecular complexity index is 1290. The maximum atomic E-state index is 14.9. The molecule has 2 aromatic rings. The molecule has 2 aliphatic rings. The van der Waals surface area contributed by atoms with Crippen molar-refractivity contribution in [2.24, 2.45) is 17.8 Å². The van der Waals surface area contributed by atoms with E-state index >= 15 is 0 Å².